The zero-order valence-corrected chi connectivity index (χ0v) is 15.9. The molecule has 4 rings (SSSR count). The van der Waals surface area contributed by atoms with Crippen molar-refractivity contribution in [1.29, 1.82) is 0 Å². The molecule has 0 unspecified atom stereocenters. The fourth-order valence-electron chi connectivity index (χ4n) is 2.57. The first-order chi connectivity index (χ1) is 13.7. The highest BCUT2D eigenvalue weighted by Crippen LogP contribution is 2.34. The van der Waals surface area contributed by atoms with Crippen molar-refractivity contribution in [1.82, 2.24) is 15.2 Å². The topological polar surface area (TPSA) is 98.4 Å². The number of H-pyrrole nitrogens is 1. The van der Waals surface area contributed by atoms with Crippen molar-refractivity contribution >= 4 is 23.4 Å². The average molecular weight is 398 g/mol. The molecule has 1 aliphatic heterocycles. The van der Waals surface area contributed by atoms with Crippen LogP contribution in [0.25, 0.3) is 0 Å². The van der Waals surface area contributed by atoms with Crippen molar-refractivity contribution in [2.24, 2.45) is 0 Å². The van der Waals surface area contributed by atoms with Gasteiger partial charge in [-0.1, -0.05) is 30.0 Å². The fourth-order valence-corrected chi connectivity index (χ4v) is 3.19. The van der Waals surface area contributed by atoms with Gasteiger partial charge >= 0.3 is 0 Å². The SMILES string of the molecule is Cc1ccccc1OCc1nc(SCC(=O)Nc2ccc3c(c2)OCO3)n[nH]1. The highest BCUT2D eigenvalue weighted by atomic mass is 32.2. The Morgan fingerprint density at radius 2 is 2.11 bits per heavy atom. The highest BCUT2D eigenvalue weighted by Gasteiger charge is 2.14. The fraction of sp³-hybridized carbons (Fsp3) is 0.211. The first-order valence-corrected chi connectivity index (χ1v) is 9.58. The van der Waals surface area contributed by atoms with Gasteiger partial charge in [-0.05, 0) is 30.7 Å². The molecule has 1 aromatic heterocycles. The van der Waals surface area contributed by atoms with E-state index < -0.39 is 0 Å². The summed E-state index contributed by atoms with van der Waals surface area (Å²) < 4.78 is 16.3. The van der Waals surface area contributed by atoms with Crippen molar-refractivity contribution in [3.8, 4) is 17.2 Å². The molecule has 1 amide bonds. The Bertz CT molecular complexity index is 992. The molecule has 0 spiro atoms. The third kappa shape index (κ3) is 4.37. The summed E-state index contributed by atoms with van der Waals surface area (Å²) in [6, 6.07) is 13.0. The number of carbonyl (C=O) groups is 1. The second kappa shape index (κ2) is 8.22. The monoisotopic (exact) mass is 398 g/mol. The molecule has 0 bridgehead atoms. The Labute approximate surface area is 165 Å². The molecule has 0 atom stereocenters. The normalized spacial score (nSPS) is 12.0. The van der Waals surface area contributed by atoms with Crippen LogP contribution in [0.15, 0.2) is 47.6 Å². The van der Waals surface area contributed by atoms with E-state index in [0.29, 0.717) is 28.2 Å². The molecule has 28 heavy (non-hydrogen) atoms. The first-order valence-electron chi connectivity index (χ1n) is 8.59. The predicted molar refractivity (Wildman–Crippen MR) is 104 cm³/mol. The summed E-state index contributed by atoms with van der Waals surface area (Å²) in [5, 5.41) is 10.2. The lowest BCUT2D eigenvalue weighted by Gasteiger charge is -2.06. The standard InChI is InChI=1S/C19H18N4O4S/c1-12-4-2-3-5-14(12)25-9-17-21-19(23-22-17)28-10-18(24)20-13-6-7-15-16(8-13)27-11-26-15/h2-8H,9-11H2,1H3,(H,20,24)(H,21,22,23). The minimum Gasteiger partial charge on any atom is -0.485 e. The maximum Gasteiger partial charge on any atom is 0.234 e. The lowest BCUT2D eigenvalue weighted by molar-refractivity contribution is -0.113. The van der Waals surface area contributed by atoms with Gasteiger partial charge < -0.3 is 19.5 Å². The minimum absolute atomic E-state index is 0.161. The summed E-state index contributed by atoms with van der Waals surface area (Å²) in [6.45, 7) is 2.46. The van der Waals surface area contributed by atoms with Gasteiger partial charge in [-0.15, -0.1) is 5.10 Å². The molecule has 1 aliphatic rings. The third-order valence-corrected chi connectivity index (χ3v) is 4.81. The van der Waals surface area contributed by atoms with Gasteiger partial charge in [0.05, 0.1) is 5.75 Å². The summed E-state index contributed by atoms with van der Waals surface area (Å²) >= 11 is 1.24. The molecule has 0 saturated heterocycles. The lowest BCUT2D eigenvalue weighted by atomic mass is 10.2. The summed E-state index contributed by atoms with van der Waals surface area (Å²) in [6.07, 6.45) is 0. The number of fused-ring (bicyclic) bond motifs is 1. The Balaban J connectivity index is 1.26. The smallest absolute Gasteiger partial charge is 0.234 e. The maximum absolute atomic E-state index is 12.1. The van der Waals surface area contributed by atoms with Crippen molar-refractivity contribution in [2.75, 3.05) is 17.9 Å². The number of aromatic amines is 1. The van der Waals surface area contributed by atoms with Gasteiger partial charge in [0.2, 0.25) is 17.9 Å². The number of anilines is 1. The number of carbonyl (C=O) groups excluding carboxylic acids is 1. The van der Waals surface area contributed by atoms with E-state index in [0.717, 1.165) is 11.3 Å². The van der Waals surface area contributed by atoms with Crippen LogP contribution in [0.1, 0.15) is 11.4 Å². The number of aromatic nitrogens is 3. The van der Waals surface area contributed by atoms with Gasteiger partial charge in [0.25, 0.3) is 0 Å². The third-order valence-electron chi connectivity index (χ3n) is 3.96. The molecular weight excluding hydrogens is 380 g/mol. The second-order valence-corrected chi connectivity index (χ2v) is 6.97. The number of nitrogens with one attached hydrogen (secondary N) is 2. The number of hydrogen-bond donors (Lipinski definition) is 2. The maximum atomic E-state index is 12.1. The molecular formula is C19H18N4O4S. The van der Waals surface area contributed by atoms with Crippen molar-refractivity contribution in [2.45, 2.75) is 18.7 Å². The predicted octanol–water partition coefficient (Wildman–Crippen LogP) is 3.15. The summed E-state index contributed by atoms with van der Waals surface area (Å²) in [7, 11) is 0. The van der Waals surface area contributed by atoms with Crippen molar-refractivity contribution < 1.29 is 19.0 Å². The zero-order valence-electron chi connectivity index (χ0n) is 15.1. The van der Waals surface area contributed by atoms with Gasteiger partial charge in [-0.25, -0.2) is 4.98 Å². The Morgan fingerprint density at radius 3 is 3.00 bits per heavy atom. The first kappa shape index (κ1) is 18.2. The van der Waals surface area contributed by atoms with E-state index >= 15 is 0 Å². The van der Waals surface area contributed by atoms with E-state index in [1.807, 2.05) is 31.2 Å². The average Bonchev–Trinajstić information content (AvgIpc) is 3.34. The van der Waals surface area contributed by atoms with Crippen LogP contribution in [0.4, 0.5) is 5.69 Å². The molecule has 3 aromatic rings. The van der Waals surface area contributed by atoms with E-state index in [1.165, 1.54) is 11.8 Å². The van der Waals surface area contributed by atoms with Crippen LogP contribution < -0.4 is 19.5 Å². The number of amides is 1. The second-order valence-electron chi connectivity index (χ2n) is 6.02. The van der Waals surface area contributed by atoms with Gasteiger partial charge in [-0.2, -0.15) is 0 Å². The molecule has 9 heteroatoms. The van der Waals surface area contributed by atoms with E-state index in [1.54, 1.807) is 18.2 Å². The Morgan fingerprint density at radius 1 is 1.25 bits per heavy atom. The molecule has 0 saturated carbocycles. The molecule has 0 aliphatic carbocycles. The minimum atomic E-state index is -0.161. The molecule has 144 valence electrons. The molecule has 0 radical (unpaired) electrons. The van der Waals surface area contributed by atoms with E-state index in [9.17, 15) is 4.79 Å². The summed E-state index contributed by atoms with van der Waals surface area (Å²) in [4.78, 5) is 16.5. The van der Waals surface area contributed by atoms with Crippen LogP contribution in [-0.2, 0) is 11.4 Å². The van der Waals surface area contributed by atoms with E-state index in [4.69, 9.17) is 14.2 Å². The highest BCUT2D eigenvalue weighted by molar-refractivity contribution is 7.99. The van der Waals surface area contributed by atoms with Gasteiger partial charge in [0, 0.05) is 11.8 Å². The number of para-hydroxylation sites is 1. The number of hydrogen-bond acceptors (Lipinski definition) is 7. The number of nitrogens with zero attached hydrogens (tertiary/aromatic N) is 2. The molecule has 2 aromatic carbocycles. The van der Waals surface area contributed by atoms with Crippen molar-refractivity contribution in [3.05, 3.63) is 53.9 Å². The van der Waals surface area contributed by atoms with Gasteiger partial charge in [0.1, 0.15) is 12.4 Å². The van der Waals surface area contributed by atoms with E-state index in [-0.39, 0.29) is 25.1 Å². The summed E-state index contributed by atoms with van der Waals surface area (Å²) in [5.74, 6) is 2.72. The quantitative estimate of drug-likeness (QED) is 0.590. The lowest BCUT2D eigenvalue weighted by Crippen LogP contribution is -2.14. The van der Waals surface area contributed by atoms with Crippen LogP contribution in [0.3, 0.4) is 0 Å². The van der Waals surface area contributed by atoms with Crippen LogP contribution in [0, 0.1) is 6.92 Å². The zero-order chi connectivity index (χ0) is 19.3. The summed E-state index contributed by atoms with van der Waals surface area (Å²) in [5.41, 5.74) is 1.70. The number of benzene rings is 2. The molecule has 0 fully saturated rings. The number of rotatable bonds is 7. The molecule has 8 nitrogen and oxygen atoms in total. The number of thioether (sulfide) groups is 1. The van der Waals surface area contributed by atoms with E-state index in [2.05, 4.69) is 20.5 Å². The van der Waals surface area contributed by atoms with Crippen LogP contribution in [0.2, 0.25) is 0 Å². The Kier molecular flexibility index (Phi) is 5.34. The van der Waals surface area contributed by atoms with Gasteiger partial charge in [-0.3, -0.25) is 9.89 Å². The number of aryl methyl sites for hydroxylation is 1. The molecule has 2 heterocycles. The largest absolute Gasteiger partial charge is 0.485 e. The number of ether oxygens (including phenoxy) is 3. The van der Waals surface area contributed by atoms with Crippen LogP contribution in [0.5, 0.6) is 17.2 Å². The van der Waals surface area contributed by atoms with Crippen LogP contribution in [-0.4, -0.2) is 33.6 Å². The van der Waals surface area contributed by atoms with Crippen LogP contribution >= 0.6 is 11.8 Å². The Hall–Kier alpha value is -3.20. The molecule has 2 N–H and O–H groups in total. The van der Waals surface area contributed by atoms with Crippen molar-refractivity contribution in [3.63, 3.8) is 0 Å². The van der Waals surface area contributed by atoms with Gasteiger partial charge in [0.15, 0.2) is 17.3 Å².